The van der Waals surface area contributed by atoms with Gasteiger partial charge in [0, 0.05) is 0 Å². The number of carbonyl (C=O) groups is 2. The van der Waals surface area contributed by atoms with E-state index in [1.807, 2.05) is 61.5 Å². The van der Waals surface area contributed by atoms with E-state index in [4.69, 9.17) is 14.5 Å². The van der Waals surface area contributed by atoms with Crippen molar-refractivity contribution < 1.29 is 19.1 Å². The summed E-state index contributed by atoms with van der Waals surface area (Å²) in [4.78, 5) is 32.4. The summed E-state index contributed by atoms with van der Waals surface area (Å²) < 4.78 is 10.7. The van der Waals surface area contributed by atoms with Gasteiger partial charge in [-0.3, -0.25) is 4.90 Å². The molecule has 33 heavy (non-hydrogen) atoms. The van der Waals surface area contributed by atoms with Gasteiger partial charge >= 0.3 is 11.9 Å². The summed E-state index contributed by atoms with van der Waals surface area (Å²) in [5.74, 6) is -0.604. The zero-order valence-electron chi connectivity index (χ0n) is 19.1. The number of rotatable bonds is 6. The van der Waals surface area contributed by atoms with Gasteiger partial charge in [-0.1, -0.05) is 48.0 Å². The first kappa shape index (κ1) is 22.3. The van der Waals surface area contributed by atoms with Crippen LogP contribution in [0.2, 0.25) is 0 Å². The SMILES string of the molecule is CCOC(=O)C1=NN(c2ccc(C)cc2)C2=NC(C)=C(C(=O)OCC)C(c3ccccc3)N12. The van der Waals surface area contributed by atoms with Crippen molar-refractivity contribution in [1.29, 1.82) is 0 Å². The van der Waals surface area contributed by atoms with Crippen molar-refractivity contribution in [2.75, 3.05) is 18.2 Å². The lowest BCUT2D eigenvalue weighted by molar-refractivity contribution is -0.139. The van der Waals surface area contributed by atoms with Gasteiger partial charge in [0.25, 0.3) is 0 Å². The Morgan fingerprint density at radius 2 is 1.55 bits per heavy atom. The van der Waals surface area contributed by atoms with Crippen LogP contribution in [0.25, 0.3) is 0 Å². The average Bonchev–Trinajstić information content (AvgIpc) is 3.18. The Kier molecular flexibility index (Phi) is 6.26. The Morgan fingerprint density at radius 3 is 2.18 bits per heavy atom. The summed E-state index contributed by atoms with van der Waals surface area (Å²) in [5, 5.41) is 6.20. The minimum Gasteiger partial charge on any atom is -0.463 e. The minimum absolute atomic E-state index is 0.0549. The number of hydrogen-bond donors (Lipinski definition) is 0. The van der Waals surface area contributed by atoms with Gasteiger partial charge in [0.1, 0.15) is 0 Å². The van der Waals surface area contributed by atoms with Crippen LogP contribution < -0.4 is 5.01 Å². The molecule has 0 amide bonds. The van der Waals surface area contributed by atoms with Crippen molar-refractivity contribution in [2.24, 2.45) is 10.1 Å². The minimum atomic E-state index is -0.656. The zero-order valence-corrected chi connectivity index (χ0v) is 19.1. The van der Waals surface area contributed by atoms with Crippen LogP contribution in [0, 0.1) is 6.92 Å². The number of aliphatic imine (C=N–C) groups is 1. The Morgan fingerprint density at radius 1 is 0.909 bits per heavy atom. The van der Waals surface area contributed by atoms with Crippen LogP contribution >= 0.6 is 0 Å². The van der Waals surface area contributed by atoms with E-state index in [0.29, 0.717) is 17.2 Å². The van der Waals surface area contributed by atoms with Crippen LogP contribution in [0.4, 0.5) is 5.69 Å². The second kappa shape index (κ2) is 9.28. The lowest BCUT2D eigenvalue weighted by Crippen LogP contribution is -2.47. The fourth-order valence-electron chi connectivity index (χ4n) is 3.87. The summed E-state index contributed by atoms with van der Waals surface area (Å²) in [6.45, 7) is 7.67. The topological polar surface area (TPSA) is 83.8 Å². The highest BCUT2D eigenvalue weighted by Crippen LogP contribution is 2.40. The molecule has 0 saturated heterocycles. The van der Waals surface area contributed by atoms with Crippen molar-refractivity contribution >= 4 is 29.4 Å². The molecular formula is C25H26N4O4. The molecule has 0 bridgehead atoms. The summed E-state index contributed by atoms with van der Waals surface area (Å²) in [5.41, 5.74) is 3.50. The van der Waals surface area contributed by atoms with E-state index < -0.39 is 18.0 Å². The van der Waals surface area contributed by atoms with Gasteiger partial charge < -0.3 is 9.47 Å². The van der Waals surface area contributed by atoms with Crippen molar-refractivity contribution in [3.05, 3.63) is 77.0 Å². The predicted octanol–water partition coefficient (Wildman–Crippen LogP) is 3.94. The van der Waals surface area contributed by atoms with Gasteiger partial charge in [-0.2, -0.15) is 5.01 Å². The second-order valence-electron chi connectivity index (χ2n) is 7.61. The van der Waals surface area contributed by atoms with Crippen molar-refractivity contribution in [3.8, 4) is 0 Å². The lowest BCUT2D eigenvalue weighted by Gasteiger charge is -2.35. The standard InChI is InChI=1S/C25H26N4O4/c1-5-32-23(30)20-17(4)26-25-28(21(20)18-10-8-7-9-11-18)22(24(31)33-6-2)27-29(25)19-14-12-16(3)13-15-19/h7-15,21H,5-6H2,1-4H3. The summed E-state index contributed by atoms with van der Waals surface area (Å²) in [6.07, 6.45) is 0. The molecule has 0 saturated carbocycles. The molecule has 1 atom stereocenters. The fourth-order valence-corrected chi connectivity index (χ4v) is 3.87. The zero-order chi connectivity index (χ0) is 23.5. The van der Waals surface area contributed by atoms with Gasteiger partial charge in [-0.15, -0.1) is 5.10 Å². The third kappa shape index (κ3) is 4.11. The highest BCUT2D eigenvalue weighted by atomic mass is 16.5. The molecule has 0 aliphatic carbocycles. The molecule has 2 aromatic carbocycles. The molecule has 1 unspecified atom stereocenters. The van der Waals surface area contributed by atoms with Crippen LogP contribution in [-0.4, -0.2) is 41.8 Å². The van der Waals surface area contributed by atoms with Gasteiger partial charge in [-0.25, -0.2) is 14.6 Å². The van der Waals surface area contributed by atoms with Crippen LogP contribution in [-0.2, 0) is 19.1 Å². The number of ether oxygens (including phenoxy) is 2. The molecule has 0 aromatic heterocycles. The third-order valence-electron chi connectivity index (χ3n) is 5.36. The molecule has 0 N–H and O–H groups in total. The summed E-state index contributed by atoms with van der Waals surface area (Å²) >= 11 is 0. The summed E-state index contributed by atoms with van der Waals surface area (Å²) in [6, 6.07) is 16.5. The van der Waals surface area contributed by atoms with Crippen molar-refractivity contribution in [2.45, 2.75) is 33.7 Å². The van der Waals surface area contributed by atoms with E-state index in [2.05, 4.69) is 5.10 Å². The number of fused-ring (bicyclic) bond motifs is 1. The molecule has 0 spiro atoms. The maximum Gasteiger partial charge on any atom is 0.376 e. The van der Waals surface area contributed by atoms with E-state index in [1.165, 1.54) is 0 Å². The number of anilines is 1. The molecular weight excluding hydrogens is 420 g/mol. The molecule has 2 heterocycles. The fraction of sp³-hybridized carbons (Fsp3) is 0.280. The number of hydrazone groups is 1. The number of aryl methyl sites for hydroxylation is 1. The normalized spacial score (nSPS) is 17.4. The van der Waals surface area contributed by atoms with Crippen LogP contribution in [0.3, 0.4) is 0 Å². The van der Waals surface area contributed by atoms with Gasteiger partial charge in [0.05, 0.1) is 36.2 Å². The number of benzene rings is 2. The Bertz CT molecular complexity index is 1150. The molecule has 0 fully saturated rings. The maximum absolute atomic E-state index is 13.0. The van der Waals surface area contributed by atoms with E-state index in [9.17, 15) is 9.59 Å². The molecule has 2 aromatic rings. The molecule has 8 nitrogen and oxygen atoms in total. The van der Waals surface area contributed by atoms with Gasteiger partial charge in [0.2, 0.25) is 11.8 Å². The van der Waals surface area contributed by atoms with Crippen LogP contribution in [0.5, 0.6) is 0 Å². The largest absolute Gasteiger partial charge is 0.463 e. The van der Waals surface area contributed by atoms with E-state index in [1.54, 1.807) is 30.7 Å². The smallest absolute Gasteiger partial charge is 0.376 e. The van der Waals surface area contributed by atoms with Gasteiger partial charge in [0.15, 0.2) is 0 Å². The van der Waals surface area contributed by atoms with Crippen molar-refractivity contribution in [3.63, 3.8) is 0 Å². The number of esters is 2. The number of nitrogens with zero attached hydrogens (tertiary/aromatic N) is 4. The Hall–Kier alpha value is -3.94. The molecule has 8 heteroatoms. The predicted molar refractivity (Wildman–Crippen MR) is 126 cm³/mol. The molecule has 4 rings (SSSR count). The first-order chi connectivity index (χ1) is 16.0. The van der Waals surface area contributed by atoms with Crippen LogP contribution in [0.1, 0.15) is 37.9 Å². The first-order valence-corrected chi connectivity index (χ1v) is 10.9. The number of allylic oxidation sites excluding steroid dienone is 1. The highest BCUT2D eigenvalue weighted by Gasteiger charge is 2.47. The average molecular weight is 447 g/mol. The lowest BCUT2D eigenvalue weighted by atomic mass is 9.94. The van der Waals surface area contributed by atoms with E-state index in [-0.39, 0.29) is 19.0 Å². The van der Waals surface area contributed by atoms with Crippen molar-refractivity contribution in [1.82, 2.24) is 4.90 Å². The van der Waals surface area contributed by atoms with E-state index in [0.717, 1.165) is 16.8 Å². The summed E-state index contributed by atoms with van der Waals surface area (Å²) in [7, 11) is 0. The molecule has 2 aliphatic rings. The first-order valence-electron chi connectivity index (χ1n) is 10.9. The second-order valence-corrected chi connectivity index (χ2v) is 7.61. The maximum atomic E-state index is 13.0. The number of guanidine groups is 1. The monoisotopic (exact) mass is 446 g/mol. The van der Waals surface area contributed by atoms with E-state index >= 15 is 0 Å². The highest BCUT2D eigenvalue weighted by molar-refractivity contribution is 6.41. The third-order valence-corrected chi connectivity index (χ3v) is 5.36. The molecule has 0 radical (unpaired) electrons. The molecule has 170 valence electrons. The number of carbonyl (C=O) groups excluding carboxylic acids is 2. The molecule has 2 aliphatic heterocycles. The number of amidine groups is 1. The number of hydrogen-bond acceptors (Lipinski definition) is 8. The quantitative estimate of drug-likeness (QED) is 0.625. The Balaban J connectivity index is 1.92. The van der Waals surface area contributed by atoms with Crippen LogP contribution in [0.15, 0.2) is 76.0 Å². The Labute approximate surface area is 192 Å². The van der Waals surface area contributed by atoms with Gasteiger partial charge in [-0.05, 0) is 45.4 Å².